The van der Waals surface area contributed by atoms with E-state index in [1.54, 1.807) is 0 Å². The van der Waals surface area contributed by atoms with Gasteiger partial charge in [-0.05, 0) is 103 Å². The number of para-hydroxylation sites is 2. The van der Waals surface area contributed by atoms with Crippen LogP contribution in [0.15, 0.2) is 194 Å². The van der Waals surface area contributed by atoms with Crippen molar-refractivity contribution in [2.75, 3.05) is 0 Å². The largest absolute Gasteiger partial charge is 0.309 e. The standard InChI is InChI=1S/C51H32N2/c52-33-39-26-25-37(32-47(39)34-27-29-40(30-28-34)53-48-23-10-8-17-41(48)42-18-9-11-24-49(42)53)36-15-12-16-38(31-36)51-45-21-6-4-19-43(45)50(35-13-2-1-3-14-35)44-20-5-7-22-46(44)51/h1-32H. The summed E-state index contributed by atoms with van der Waals surface area (Å²) in [6.45, 7) is 0. The number of hydrogen-bond donors (Lipinski definition) is 0. The van der Waals surface area contributed by atoms with Crippen LogP contribution in [0.1, 0.15) is 5.56 Å². The van der Waals surface area contributed by atoms with Gasteiger partial charge in [-0.1, -0.05) is 152 Å². The Labute approximate surface area is 308 Å². The minimum absolute atomic E-state index is 0.656. The van der Waals surface area contributed by atoms with Crippen molar-refractivity contribution in [1.82, 2.24) is 4.57 Å². The van der Waals surface area contributed by atoms with Crippen molar-refractivity contribution in [2.24, 2.45) is 0 Å². The molecule has 0 atom stereocenters. The van der Waals surface area contributed by atoms with Gasteiger partial charge in [0.15, 0.2) is 0 Å². The van der Waals surface area contributed by atoms with E-state index >= 15 is 0 Å². The molecule has 0 aliphatic rings. The van der Waals surface area contributed by atoms with Gasteiger partial charge in [0.2, 0.25) is 0 Å². The second-order valence-corrected chi connectivity index (χ2v) is 13.6. The van der Waals surface area contributed by atoms with E-state index in [2.05, 4.69) is 199 Å². The number of hydrogen-bond acceptors (Lipinski definition) is 1. The molecular formula is C51H32N2. The minimum Gasteiger partial charge on any atom is -0.309 e. The highest BCUT2D eigenvalue weighted by atomic mass is 15.0. The summed E-state index contributed by atoms with van der Waals surface area (Å²) in [6, 6.07) is 71.5. The van der Waals surface area contributed by atoms with Crippen LogP contribution < -0.4 is 0 Å². The van der Waals surface area contributed by atoms with Crippen LogP contribution in [0.2, 0.25) is 0 Å². The van der Waals surface area contributed by atoms with Gasteiger partial charge in [-0.15, -0.1) is 0 Å². The molecule has 1 aromatic heterocycles. The number of fused-ring (bicyclic) bond motifs is 5. The molecule has 2 nitrogen and oxygen atoms in total. The molecule has 0 saturated heterocycles. The van der Waals surface area contributed by atoms with Crippen LogP contribution in [0, 0.1) is 11.3 Å². The van der Waals surface area contributed by atoms with Crippen LogP contribution in [0.5, 0.6) is 0 Å². The molecule has 10 rings (SSSR count). The van der Waals surface area contributed by atoms with Crippen molar-refractivity contribution >= 4 is 43.4 Å². The summed E-state index contributed by atoms with van der Waals surface area (Å²) in [7, 11) is 0. The molecule has 0 N–H and O–H groups in total. The zero-order chi connectivity index (χ0) is 35.3. The lowest BCUT2D eigenvalue weighted by Crippen LogP contribution is -1.94. The maximum absolute atomic E-state index is 10.2. The third-order valence-electron chi connectivity index (χ3n) is 10.6. The Bertz CT molecular complexity index is 2940. The van der Waals surface area contributed by atoms with E-state index in [-0.39, 0.29) is 0 Å². The lowest BCUT2D eigenvalue weighted by atomic mass is 9.85. The van der Waals surface area contributed by atoms with Gasteiger partial charge in [-0.25, -0.2) is 0 Å². The fourth-order valence-corrected chi connectivity index (χ4v) is 8.26. The van der Waals surface area contributed by atoms with Gasteiger partial charge in [0.1, 0.15) is 0 Å². The molecule has 9 aromatic carbocycles. The van der Waals surface area contributed by atoms with E-state index in [4.69, 9.17) is 0 Å². The number of benzene rings is 9. The number of rotatable bonds is 5. The van der Waals surface area contributed by atoms with Crippen LogP contribution in [0.4, 0.5) is 0 Å². The summed E-state index contributed by atoms with van der Waals surface area (Å²) in [4.78, 5) is 0. The van der Waals surface area contributed by atoms with Gasteiger partial charge >= 0.3 is 0 Å². The summed E-state index contributed by atoms with van der Waals surface area (Å²) >= 11 is 0. The normalized spacial score (nSPS) is 11.4. The van der Waals surface area contributed by atoms with Crippen LogP contribution in [-0.2, 0) is 0 Å². The molecule has 0 amide bonds. The first kappa shape index (κ1) is 30.6. The van der Waals surface area contributed by atoms with Crippen molar-refractivity contribution in [3.63, 3.8) is 0 Å². The second kappa shape index (κ2) is 12.5. The predicted molar refractivity (Wildman–Crippen MR) is 222 cm³/mol. The monoisotopic (exact) mass is 672 g/mol. The number of aromatic nitrogens is 1. The van der Waals surface area contributed by atoms with Gasteiger partial charge in [-0.2, -0.15) is 5.26 Å². The van der Waals surface area contributed by atoms with E-state index in [0.717, 1.165) is 33.5 Å². The van der Waals surface area contributed by atoms with Crippen molar-refractivity contribution in [1.29, 1.82) is 5.26 Å². The van der Waals surface area contributed by atoms with Crippen molar-refractivity contribution in [3.8, 4) is 56.3 Å². The number of nitrogens with zero attached hydrogens (tertiary/aromatic N) is 2. The van der Waals surface area contributed by atoms with Crippen molar-refractivity contribution in [2.45, 2.75) is 0 Å². The summed E-state index contributed by atoms with van der Waals surface area (Å²) in [5.74, 6) is 0. The highest BCUT2D eigenvalue weighted by Gasteiger charge is 2.18. The molecule has 0 aliphatic heterocycles. The van der Waals surface area contributed by atoms with Crippen molar-refractivity contribution in [3.05, 3.63) is 200 Å². The fraction of sp³-hybridized carbons (Fsp3) is 0. The average Bonchev–Trinajstić information content (AvgIpc) is 3.57. The molecule has 0 aliphatic carbocycles. The number of nitriles is 1. The average molecular weight is 673 g/mol. The zero-order valence-corrected chi connectivity index (χ0v) is 28.9. The van der Waals surface area contributed by atoms with Gasteiger partial charge in [0.05, 0.1) is 22.7 Å². The maximum Gasteiger partial charge on any atom is 0.0998 e. The summed E-state index contributed by atoms with van der Waals surface area (Å²) in [5, 5.41) is 17.6. The predicted octanol–water partition coefficient (Wildman–Crippen LogP) is 13.6. The van der Waals surface area contributed by atoms with E-state index < -0.39 is 0 Å². The topological polar surface area (TPSA) is 28.7 Å². The SMILES string of the molecule is N#Cc1ccc(-c2cccc(-c3c4ccccc4c(-c4ccccc4)c4ccccc34)c2)cc1-c1ccc(-n2c3ccccc3c3ccccc32)cc1. The molecule has 10 aromatic rings. The molecule has 0 bridgehead atoms. The van der Waals surface area contributed by atoms with Crippen LogP contribution >= 0.6 is 0 Å². The first-order valence-corrected chi connectivity index (χ1v) is 18.0. The molecule has 0 fully saturated rings. The molecule has 1 heterocycles. The van der Waals surface area contributed by atoms with Gasteiger partial charge in [-0.3, -0.25) is 0 Å². The Morgan fingerprint density at radius 2 is 0.792 bits per heavy atom. The first-order valence-electron chi connectivity index (χ1n) is 18.0. The van der Waals surface area contributed by atoms with E-state index in [1.165, 1.54) is 60.0 Å². The molecule has 53 heavy (non-hydrogen) atoms. The first-order chi connectivity index (χ1) is 26.3. The van der Waals surface area contributed by atoms with Gasteiger partial charge in [0, 0.05) is 22.0 Å². The van der Waals surface area contributed by atoms with E-state index in [1.807, 2.05) is 6.07 Å². The molecule has 0 spiro atoms. The van der Waals surface area contributed by atoms with Crippen LogP contribution in [-0.4, -0.2) is 4.57 Å². The Hall–Kier alpha value is -7.21. The van der Waals surface area contributed by atoms with Crippen LogP contribution in [0.3, 0.4) is 0 Å². The Kier molecular flexibility index (Phi) is 7.23. The van der Waals surface area contributed by atoms with E-state index in [0.29, 0.717) is 5.56 Å². The maximum atomic E-state index is 10.2. The Morgan fingerprint density at radius 1 is 0.340 bits per heavy atom. The summed E-state index contributed by atoms with van der Waals surface area (Å²) in [5.41, 5.74) is 13.1. The quantitative estimate of drug-likeness (QED) is 0.167. The third-order valence-corrected chi connectivity index (χ3v) is 10.6. The fourth-order valence-electron chi connectivity index (χ4n) is 8.26. The van der Waals surface area contributed by atoms with Gasteiger partial charge < -0.3 is 4.57 Å². The van der Waals surface area contributed by atoms with E-state index in [9.17, 15) is 5.26 Å². The zero-order valence-electron chi connectivity index (χ0n) is 28.9. The molecule has 0 radical (unpaired) electrons. The second-order valence-electron chi connectivity index (χ2n) is 13.6. The third kappa shape index (κ3) is 5.02. The molecule has 2 heteroatoms. The molecule has 246 valence electrons. The minimum atomic E-state index is 0.656. The van der Waals surface area contributed by atoms with Crippen molar-refractivity contribution < 1.29 is 0 Å². The smallest absolute Gasteiger partial charge is 0.0998 e. The lowest BCUT2D eigenvalue weighted by Gasteiger charge is -2.18. The molecule has 0 unspecified atom stereocenters. The Balaban J connectivity index is 1.09. The highest BCUT2D eigenvalue weighted by molar-refractivity contribution is 6.21. The van der Waals surface area contributed by atoms with Crippen LogP contribution in [0.25, 0.3) is 93.5 Å². The lowest BCUT2D eigenvalue weighted by molar-refractivity contribution is 1.18. The highest BCUT2D eigenvalue weighted by Crippen LogP contribution is 2.44. The molecule has 0 saturated carbocycles. The Morgan fingerprint density at radius 3 is 1.38 bits per heavy atom. The summed E-state index contributed by atoms with van der Waals surface area (Å²) in [6.07, 6.45) is 0. The van der Waals surface area contributed by atoms with Gasteiger partial charge in [0.25, 0.3) is 0 Å². The molecular weight excluding hydrogens is 641 g/mol. The summed E-state index contributed by atoms with van der Waals surface area (Å²) < 4.78 is 2.32.